The predicted molar refractivity (Wildman–Crippen MR) is 187 cm³/mol. The van der Waals surface area contributed by atoms with Gasteiger partial charge in [-0.05, 0) is 74.1 Å². The molecule has 20 heteroatoms. The van der Waals surface area contributed by atoms with Gasteiger partial charge in [0.25, 0.3) is 0 Å². The van der Waals surface area contributed by atoms with Gasteiger partial charge in [-0.3, -0.25) is 0 Å². The van der Waals surface area contributed by atoms with Gasteiger partial charge in [-0.25, -0.2) is 28.0 Å². The van der Waals surface area contributed by atoms with E-state index in [4.69, 9.17) is 28.5 Å². The molecule has 7 N–H and O–H groups in total. The zero-order valence-corrected chi connectivity index (χ0v) is 32.5. The molecule has 18 nitrogen and oxygen atoms in total. The Hall–Kier alpha value is -2.69. The van der Waals surface area contributed by atoms with Crippen LogP contribution in [0.4, 0.5) is 23.2 Å². The molecule has 0 radical (unpaired) electrons. The van der Waals surface area contributed by atoms with Crippen LogP contribution in [-0.2, 0) is 28.5 Å². The SMILES string of the molecule is CN(C(=O)OC(C)(C)C)[C@@H]1[C@@H](O)[C@@H](ON(C(=O)O)C2C[C@H](NC(=O)OC(C)(C)C)[C@@H](O[C@H]3O[C@H](CNCCF)CC[C@H]3NCCF)[C@@H](O)C2)OC[C@]1(C)O. The standard InChI is InChI=1S/C34H61F2N5O13/c1-32(2,3)52-29(44)39-22-15-19(16-23(42)25(22)51-27-21(38-14-12-36)10-9-20(50-27)17-37-13-11-35)41(30(45)46)54-28-24(43)26(34(7,48)18-49-28)40(8)31(47)53-33(4,5)6/h19-28,37-38,42-43,48H,9-18H2,1-8H3,(H,39,44)(H,45,46)/t19?,20-,21+,22-,23-,24+,25+,26+,27+,28+,34-/m0/s1. The maximum atomic E-state index is 13.2. The van der Waals surface area contributed by atoms with Gasteiger partial charge in [0, 0.05) is 26.7 Å². The smallest absolute Gasteiger partial charge is 0.431 e. The maximum Gasteiger partial charge on any atom is 0.431 e. The number of carbonyl (C=O) groups excluding carboxylic acids is 2. The van der Waals surface area contributed by atoms with Crippen molar-refractivity contribution in [3.63, 3.8) is 0 Å². The van der Waals surface area contributed by atoms with Gasteiger partial charge in [0.05, 0.1) is 43.0 Å². The minimum atomic E-state index is -1.81. The fraction of sp³-hybridized carbons (Fsp3) is 0.912. The Morgan fingerprint density at radius 3 is 2.19 bits per heavy atom. The Morgan fingerprint density at radius 2 is 1.59 bits per heavy atom. The third kappa shape index (κ3) is 13.2. The second-order valence-corrected chi connectivity index (χ2v) is 16.2. The van der Waals surface area contributed by atoms with Crippen LogP contribution >= 0.6 is 0 Å². The quantitative estimate of drug-likeness (QED) is 0.0975. The van der Waals surface area contributed by atoms with Gasteiger partial charge in [-0.1, -0.05) is 0 Å². The van der Waals surface area contributed by atoms with Crippen LogP contribution in [-0.4, -0.2) is 173 Å². The highest BCUT2D eigenvalue weighted by Crippen LogP contribution is 2.34. The van der Waals surface area contributed by atoms with E-state index in [0.717, 1.165) is 4.90 Å². The molecular formula is C34H61F2N5O13. The molecule has 0 bridgehead atoms. The van der Waals surface area contributed by atoms with Gasteiger partial charge in [0.1, 0.15) is 42.4 Å². The first-order valence-corrected chi connectivity index (χ1v) is 18.3. The highest BCUT2D eigenvalue weighted by molar-refractivity contribution is 5.69. The molecule has 1 aliphatic carbocycles. The molecule has 3 amide bonds. The summed E-state index contributed by atoms with van der Waals surface area (Å²) >= 11 is 0. The highest BCUT2D eigenvalue weighted by atomic mass is 19.1. The van der Waals surface area contributed by atoms with Crippen LogP contribution in [0.25, 0.3) is 0 Å². The van der Waals surface area contributed by atoms with Crippen molar-refractivity contribution in [2.75, 3.05) is 46.6 Å². The summed E-state index contributed by atoms with van der Waals surface area (Å²) in [4.78, 5) is 45.4. The summed E-state index contributed by atoms with van der Waals surface area (Å²) in [6.45, 7) is 9.89. The van der Waals surface area contributed by atoms with E-state index in [1.807, 2.05) is 0 Å². The third-order valence-electron chi connectivity index (χ3n) is 9.02. The number of halogens is 2. The first kappa shape index (κ1) is 45.7. The molecule has 0 aromatic rings. The van der Waals surface area contributed by atoms with Gasteiger partial charge >= 0.3 is 18.3 Å². The molecule has 11 atom stereocenters. The maximum absolute atomic E-state index is 13.2. The predicted octanol–water partition coefficient (Wildman–Crippen LogP) is 1.40. The molecule has 0 aromatic carbocycles. The Morgan fingerprint density at radius 1 is 0.944 bits per heavy atom. The second-order valence-electron chi connectivity index (χ2n) is 16.2. The van der Waals surface area contributed by atoms with Crippen molar-refractivity contribution >= 4 is 18.3 Å². The van der Waals surface area contributed by atoms with Crippen LogP contribution in [0.15, 0.2) is 0 Å². The molecule has 0 spiro atoms. The molecule has 2 heterocycles. The summed E-state index contributed by atoms with van der Waals surface area (Å²) in [7, 11) is 1.30. The number of nitrogens with zero attached hydrogens (tertiary/aromatic N) is 2. The van der Waals surface area contributed by atoms with Gasteiger partial charge in [-0.2, -0.15) is 5.06 Å². The van der Waals surface area contributed by atoms with Crippen LogP contribution < -0.4 is 16.0 Å². The summed E-state index contributed by atoms with van der Waals surface area (Å²) in [6.07, 6.45) is -10.5. The van der Waals surface area contributed by atoms with E-state index < -0.39 is 116 Å². The van der Waals surface area contributed by atoms with Gasteiger partial charge < -0.3 is 65.0 Å². The third-order valence-corrected chi connectivity index (χ3v) is 9.02. The number of aliphatic hydroxyl groups excluding tert-OH is 2. The largest absolute Gasteiger partial charge is 0.463 e. The lowest BCUT2D eigenvalue weighted by molar-refractivity contribution is -0.346. The molecule has 3 rings (SSSR count). The van der Waals surface area contributed by atoms with E-state index in [9.17, 15) is 43.6 Å². The number of carboxylic acid groups (broad SMARTS) is 1. The zero-order chi connectivity index (χ0) is 40.6. The zero-order valence-electron chi connectivity index (χ0n) is 32.5. The fourth-order valence-electron chi connectivity index (χ4n) is 6.77. The lowest BCUT2D eigenvalue weighted by Crippen LogP contribution is -2.68. The average molecular weight is 786 g/mol. The number of aliphatic hydroxyl groups is 3. The molecular weight excluding hydrogens is 724 g/mol. The number of rotatable bonds is 14. The Bertz CT molecular complexity index is 1230. The van der Waals surface area contributed by atoms with Crippen molar-refractivity contribution in [3.05, 3.63) is 0 Å². The molecule has 54 heavy (non-hydrogen) atoms. The minimum absolute atomic E-state index is 0.00259. The minimum Gasteiger partial charge on any atom is -0.463 e. The molecule has 3 aliphatic rings. The number of nitrogens with one attached hydrogen (secondary N) is 3. The molecule has 0 aromatic heterocycles. The van der Waals surface area contributed by atoms with Crippen molar-refractivity contribution in [1.82, 2.24) is 25.9 Å². The number of alkyl halides is 2. The number of hydrogen-bond acceptors (Lipinski definition) is 14. The summed E-state index contributed by atoms with van der Waals surface area (Å²) in [5.74, 6) is 0. The van der Waals surface area contributed by atoms with Crippen LogP contribution in [0.2, 0.25) is 0 Å². The van der Waals surface area contributed by atoms with Crippen molar-refractivity contribution in [1.29, 1.82) is 0 Å². The Labute approximate surface area is 315 Å². The van der Waals surface area contributed by atoms with E-state index in [2.05, 4.69) is 16.0 Å². The van der Waals surface area contributed by atoms with Gasteiger partial charge in [0.15, 0.2) is 6.29 Å². The van der Waals surface area contributed by atoms with E-state index in [0.29, 0.717) is 24.4 Å². The molecule has 2 saturated heterocycles. The van der Waals surface area contributed by atoms with Crippen LogP contribution in [0.3, 0.4) is 0 Å². The molecule has 1 unspecified atom stereocenters. The number of likely N-dealkylation sites (N-methyl/N-ethyl adjacent to an activating group) is 1. The van der Waals surface area contributed by atoms with Crippen molar-refractivity contribution in [2.45, 2.75) is 152 Å². The Balaban J connectivity index is 1.87. The van der Waals surface area contributed by atoms with Crippen LogP contribution in [0, 0.1) is 0 Å². The van der Waals surface area contributed by atoms with Gasteiger partial charge in [0.2, 0.25) is 6.29 Å². The summed E-state index contributed by atoms with van der Waals surface area (Å²) in [6, 6.07) is -4.18. The number of alkyl carbamates (subject to hydrolysis) is 1. The topological polar surface area (TPSA) is 230 Å². The number of ether oxygens (including phenoxy) is 5. The second kappa shape index (κ2) is 19.4. The van der Waals surface area contributed by atoms with Crippen molar-refractivity contribution < 1.29 is 72.1 Å². The summed E-state index contributed by atoms with van der Waals surface area (Å²) in [5.41, 5.74) is -3.64. The van der Waals surface area contributed by atoms with E-state index in [1.54, 1.807) is 41.5 Å². The fourth-order valence-corrected chi connectivity index (χ4v) is 6.77. The number of amides is 3. The molecule has 2 aliphatic heterocycles. The number of hydroxylamine groups is 2. The normalized spacial score (nSPS) is 33.4. The van der Waals surface area contributed by atoms with Crippen molar-refractivity contribution in [2.24, 2.45) is 0 Å². The van der Waals surface area contributed by atoms with Crippen LogP contribution in [0.1, 0.15) is 74.1 Å². The Kier molecular flexibility index (Phi) is 16.5. The lowest BCUT2D eigenvalue weighted by Gasteiger charge is -2.49. The lowest BCUT2D eigenvalue weighted by atomic mass is 9.85. The van der Waals surface area contributed by atoms with Gasteiger partial charge in [-0.15, -0.1) is 0 Å². The molecule has 1 saturated carbocycles. The molecule has 3 fully saturated rings. The highest BCUT2D eigenvalue weighted by Gasteiger charge is 2.53. The van der Waals surface area contributed by atoms with E-state index in [-0.39, 0.29) is 25.9 Å². The van der Waals surface area contributed by atoms with E-state index in [1.165, 1.54) is 14.0 Å². The molecule has 314 valence electrons. The summed E-state index contributed by atoms with van der Waals surface area (Å²) < 4.78 is 54.8. The number of hydrogen-bond donors (Lipinski definition) is 7. The number of carbonyl (C=O) groups is 3. The first-order chi connectivity index (χ1) is 25.1. The van der Waals surface area contributed by atoms with E-state index >= 15 is 0 Å². The average Bonchev–Trinajstić information content (AvgIpc) is 3.03. The monoisotopic (exact) mass is 785 g/mol. The van der Waals surface area contributed by atoms with Crippen molar-refractivity contribution in [3.8, 4) is 0 Å². The summed E-state index contributed by atoms with van der Waals surface area (Å²) in [5, 5.41) is 53.5. The van der Waals surface area contributed by atoms with Crippen LogP contribution in [0.5, 0.6) is 0 Å². The first-order valence-electron chi connectivity index (χ1n) is 18.3.